The molecule has 0 saturated heterocycles. The maximum atomic E-state index is 13.4. The second kappa shape index (κ2) is 10.3. The van der Waals surface area contributed by atoms with Crippen LogP contribution in [-0.4, -0.2) is 23.6 Å². The van der Waals surface area contributed by atoms with E-state index in [0.29, 0.717) is 33.0 Å². The molecule has 4 amide bonds. The van der Waals surface area contributed by atoms with Gasteiger partial charge in [-0.2, -0.15) is 0 Å². The Morgan fingerprint density at radius 2 is 1.13 bits per heavy atom. The average molecular weight is 551 g/mol. The molecule has 0 radical (unpaired) electrons. The zero-order chi connectivity index (χ0) is 27.1. The lowest BCUT2D eigenvalue weighted by Crippen LogP contribution is -2.23. The molecule has 0 saturated carbocycles. The third-order valence-electron chi connectivity index (χ3n) is 7.39. The van der Waals surface area contributed by atoms with E-state index in [1.54, 1.807) is 24.3 Å². The van der Waals surface area contributed by atoms with Crippen LogP contribution < -0.4 is 22.1 Å². The summed E-state index contributed by atoms with van der Waals surface area (Å²) in [6, 6.07) is 6.45. The van der Waals surface area contributed by atoms with Crippen LogP contribution >= 0.6 is 22.7 Å². The van der Waals surface area contributed by atoms with Gasteiger partial charge in [-0.3, -0.25) is 19.2 Å². The van der Waals surface area contributed by atoms with Crippen LogP contribution in [0.15, 0.2) is 24.3 Å². The normalized spacial score (nSPS) is 18.3. The quantitative estimate of drug-likeness (QED) is 0.351. The number of benzene rings is 1. The van der Waals surface area contributed by atoms with Gasteiger partial charge in [-0.15, -0.1) is 22.7 Å². The minimum atomic E-state index is -0.576. The SMILES string of the molecule is CC1CCc2c(sc(NC(=O)c3ccccc3C(=O)Nc3sc4c(c3C(N)=O)CCC(C)C4)c2C(N)=O)C1. The first kappa shape index (κ1) is 26.1. The van der Waals surface area contributed by atoms with Crippen LogP contribution in [0.2, 0.25) is 0 Å². The molecule has 2 aromatic heterocycles. The summed E-state index contributed by atoms with van der Waals surface area (Å²) in [5.74, 6) is -1.20. The monoisotopic (exact) mass is 550 g/mol. The number of carbonyl (C=O) groups is 4. The van der Waals surface area contributed by atoms with Crippen molar-refractivity contribution in [3.63, 3.8) is 0 Å². The molecule has 0 bridgehead atoms. The highest BCUT2D eigenvalue weighted by Gasteiger charge is 2.30. The first-order valence-corrected chi connectivity index (χ1v) is 14.4. The summed E-state index contributed by atoms with van der Waals surface area (Å²) in [6.07, 6.45) is 5.07. The predicted molar refractivity (Wildman–Crippen MR) is 150 cm³/mol. The summed E-state index contributed by atoms with van der Waals surface area (Å²) in [7, 11) is 0. The lowest BCUT2D eigenvalue weighted by atomic mass is 9.88. The Hall–Kier alpha value is -3.50. The molecule has 2 aliphatic carbocycles. The zero-order valence-electron chi connectivity index (χ0n) is 21.3. The number of carbonyl (C=O) groups excluding carboxylic acids is 4. The topological polar surface area (TPSA) is 144 Å². The fourth-order valence-electron chi connectivity index (χ4n) is 5.42. The van der Waals surface area contributed by atoms with Crippen molar-refractivity contribution in [3.05, 3.63) is 67.4 Å². The summed E-state index contributed by atoms with van der Waals surface area (Å²) >= 11 is 2.74. The number of anilines is 2. The van der Waals surface area contributed by atoms with Gasteiger partial charge in [0.25, 0.3) is 23.6 Å². The van der Waals surface area contributed by atoms with Crippen molar-refractivity contribution in [3.8, 4) is 0 Å². The van der Waals surface area contributed by atoms with Crippen LogP contribution in [0.1, 0.15) is 89.0 Å². The fourth-order valence-corrected chi connectivity index (χ4v) is 8.24. The summed E-state index contributed by atoms with van der Waals surface area (Å²) < 4.78 is 0. The highest BCUT2D eigenvalue weighted by Crippen LogP contribution is 2.41. The Balaban J connectivity index is 1.43. The molecule has 10 heteroatoms. The predicted octanol–water partition coefficient (Wildman–Crippen LogP) is 4.76. The highest BCUT2D eigenvalue weighted by molar-refractivity contribution is 7.17. The van der Waals surface area contributed by atoms with Gasteiger partial charge in [-0.25, -0.2) is 0 Å². The van der Waals surface area contributed by atoms with E-state index in [1.165, 1.54) is 22.7 Å². The van der Waals surface area contributed by atoms with Crippen LogP contribution in [0.4, 0.5) is 10.0 Å². The Morgan fingerprint density at radius 3 is 1.50 bits per heavy atom. The summed E-state index contributed by atoms with van der Waals surface area (Å²) in [4.78, 5) is 53.5. The molecular weight excluding hydrogens is 520 g/mol. The van der Waals surface area contributed by atoms with E-state index in [-0.39, 0.29) is 11.1 Å². The largest absolute Gasteiger partial charge is 0.365 e. The fraction of sp³-hybridized carbons (Fsp3) is 0.357. The number of hydrogen-bond donors (Lipinski definition) is 4. The number of rotatable bonds is 6. The first-order valence-electron chi connectivity index (χ1n) is 12.7. The van der Waals surface area contributed by atoms with Crippen molar-refractivity contribution in [2.24, 2.45) is 23.3 Å². The van der Waals surface area contributed by atoms with Crippen molar-refractivity contribution >= 4 is 56.3 Å². The number of fused-ring (bicyclic) bond motifs is 2. The van der Waals surface area contributed by atoms with Crippen LogP contribution in [-0.2, 0) is 25.7 Å². The van der Waals surface area contributed by atoms with E-state index in [4.69, 9.17) is 11.5 Å². The summed E-state index contributed by atoms with van der Waals surface area (Å²) in [5.41, 5.74) is 14.2. The minimum Gasteiger partial charge on any atom is -0.365 e. The van der Waals surface area contributed by atoms with E-state index in [9.17, 15) is 19.2 Å². The molecule has 0 spiro atoms. The Bertz CT molecular complexity index is 1360. The van der Waals surface area contributed by atoms with Crippen molar-refractivity contribution < 1.29 is 19.2 Å². The maximum absolute atomic E-state index is 13.4. The lowest BCUT2D eigenvalue weighted by molar-refractivity contribution is 0.0983. The number of thiophene rings is 2. The van der Waals surface area contributed by atoms with Gasteiger partial charge in [0.1, 0.15) is 10.0 Å². The van der Waals surface area contributed by atoms with Gasteiger partial charge in [-0.05, 0) is 73.6 Å². The minimum absolute atomic E-state index is 0.149. The number of nitrogens with two attached hydrogens (primary N) is 2. The molecule has 6 N–H and O–H groups in total. The third-order valence-corrected chi connectivity index (χ3v) is 9.73. The second-order valence-corrected chi connectivity index (χ2v) is 12.5. The summed E-state index contributed by atoms with van der Waals surface area (Å²) in [5, 5.41) is 6.50. The van der Waals surface area contributed by atoms with Gasteiger partial charge in [0.15, 0.2) is 0 Å². The number of nitrogens with one attached hydrogen (secondary N) is 2. The van der Waals surface area contributed by atoms with E-state index >= 15 is 0 Å². The molecule has 2 aliphatic rings. The molecule has 198 valence electrons. The summed E-state index contributed by atoms with van der Waals surface area (Å²) in [6.45, 7) is 4.32. The number of hydrogen-bond acceptors (Lipinski definition) is 6. The second-order valence-electron chi connectivity index (χ2n) is 10.3. The maximum Gasteiger partial charge on any atom is 0.257 e. The molecule has 2 heterocycles. The van der Waals surface area contributed by atoms with Crippen molar-refractivity contribution in [2.75, 3.05) is 10.6 Å². The molecule has 38 heavy (non-hydrogen) atoms. The molecular formula is C28H30N4O4S2. The zero-order valence-corrected chi connectivity index (χ0v) is 22.9. The van der Waals surface area contributed by atoms with Gasteiger partial charge >= 0.3 is 0 Å². The molecule has 1 aromatic carbocycles. The van der Waals surface area contributed by atoms with Crippen molar-refractivity contribution in [1.29, 1.82) is 0 Å². The molecule has 0 aliphatic heterocycles. The van der Waals surface area contributed by atoms with Crippen LogP contribution in [0, 0.1) is 11.8 Å². The smallest absolute Gasteiger partial charge is 0.257 e. The molecule has 3 aromatic rings. The molecule has 0 fully saturated rings. The molecule has 2 atom stereocenters. The van der Waals surface area contributed by atoms with Crippen molar-refractivity contribution in [2.45, 2.75) is 52.4 Å². The Labute approximate surface area is 228 Å². The number of primary amides is 2. The van der Waals surface area contributed by atoms with E-state index in [0.717, 1.165) is 59.4 Å². The van der Waals surface area contributed by atoms with Gasteiger partial charge in [-0.1, -0.05) is 26.0 Å². The Morgan fingerprint density at radius 1 is 0.737 bits per heavy atom. The first-order chi connectivity index (χ1) is 18.1. The van der Waals surface area contributed by atoms with E-state index in [1.807, 2.05) is 0 Å². The van der Waals surface area contributed by atoms with Crippen LogP contribution in [0.25, 0.3) is 0 Å². The highest BCUT2D eigenvalue weighted by atomic mass is 32.1. The standard InChI is InChI=1S/C28H30N4O4S2/c1-13-7-9-17-19(11-13)37-27(21(17)23(29)33)31-25(35)15-5-3-4-6-16(15)26(36)32-28-22(24(30)34)18-10-8-14(2)12-20(18)38-28/h3-6,13-14H,7-12H2,1-2H3,(H2,29,33)(H2,30,34)(H,31,35)(H,32,36). The van der Waals surface area contributed by atoms with Gasteiger partial charge < -0.3 is 22.1 Å². The van der Waals surface area contributed by atoms with E-state index < -0.39 is 23.6 Å². The Kier molecular flexibility index (Phi) is 7.11. The lowest BCUT2D eigenvalue weighted by Gasteiger charge is -2.18. The van der Waals surface area contributed by atoms with Crippen LogP contribution in [0.5, 0.6) is 0 Å². The third kappa shape index (κ3) is 4.86. The molecule has 2 unspecified atom stereocenters. The molecule has 5 rings (SSSR count). The van der Waals surface area contributed by atoms with E-state index in [2.05, 4.69) is 24.5 Å². The number of amides is 4. The van der Waals surface area contributed by atoms with Gasteiger partial charge in [0.2, 0.25) is 0 Å². The molecule has 8 nitrogen and oxygen atoms in total. The van der Waals surface area contributed by atoms with Crippen LogP contribution in [0.3, 0.4) is 0 Å². The van der Waals surface area contributed by atoms with Gasteiger partial charge in [0, 0.05) is 9.75 Å². The van der Waals surface area contributed by atoms with Gasteiger partial charge in [0.05, 0.1) is 22.3 Å². The average Bonchev–Trinajstić information content (AvgIpc) is 3.40. The van der Waals surface area contributed by atoms with Crippen molar-refractivity contribution in [1.82, 2.24) is 0 Å².